The summed E-state index contributed by atoms with van der Waals surface area (Å²) in [6, 6.07) is 5.84. The quantitative estimate of drug-likeness (QED) is 0.489. The zero-order valence-corrected chi connectivity index (χ0v) is 12.7. The van der Waals surface area contributed by atoms with Crippen molar-refractivity contribution in [3.05, 3.63) is 45.7 Å². The summed E-state index contributed by atoms with van der Waals surface area (Å²) in [6.07, 6.45) is 0. The van der Waals surface area contributed by atoms with Crippen molar-refractivity contribution >= 4 is 11.7 Å². The van der Waals surface area contributed by atoms with Crippen molar-refractivity contribution in [3.8, 4) is 11.3 Å². The zero-order valence-electron chi connectivity index (χ0n) is 12.7. The molecule has 1 heterocycles. The highest BCUT2D eigenvalue weighted by molar-refractivity contribution is 5.88. The Morgan fingerprint density at radius 2 is 2.00 bits per heavy atom. The molecule has 0 radical (unpaired) electrons. The third-order valence-corrected chi connectivity index (χ3v) is 2.82. The zero-order chi connectivity index (χ0) is 16.5. The predicted octanol–water partition coefficient (Wildman–Crippen LogP) is 3.51. The van der Waals surface area contributed by atoms with Gasteiger partial charge in [0.1, 0.15) is 11.3 Å². The summed E-state index contributed by atoms with van der Waals surface area (Å²) in [5, 5.41) is 14.7. The molecule has 7 nitrogen and oxygen atoms in total. The number of benzene rings is 1. The number of rotatable bonds is 3. The number of aryl methyl sites for hydroxylation is 1. The minimum absolute atomic E-state index is 0.0455. The summed E-state index contributed by atoms with van der Waals surface area (Å²) >= 11 is 0. The maximum absolute atomic E-state index is 11.9. The van der Waals surface area contributed by atoms with Gasteiger partial charge in [-0.15, -0.1) is 0 Å². The highest BCUT2D eigenvalue weighted by Crippen LogP contribution is 2.27. The number of carbonyl (C=O) groups is 1. The second kappa shape index (κ2) is 5.59. The summed E-state index contributed by atoms with van der Waals surface area (Å²) in [5.74, 6) is -0.676. The van der Waals surface area contributed by atoms with Gasteiger partial charge in [-0.05, 0) is 33.3 Å². The number of carbonyl (C=O) groups excluding carboxylic acids is 1. The molecular weight excluding hydrogens is 288 g/mol. The number of nitro groups is 1. The lowest BCUT2D eigenvalue weighted by atomic mass is 10.0. The molecule has 1 aromatic carbocycles. The Labute approximate surface area is 127 Å². The molecule has 0 unspecified atom stereocenters. The van der Waals surface area contributed by atoms with Crippen molar-refractivity contribution in [2.24, 2.45) is 0 Å². The molecule has 0 amide bonds. The monoisotopic (exact) mass is 304 g/mol. The molecule has 0 atom stereocenters. The molecule has 0 N–H and O–H groups in total. The Morgan fingerprint density at radius 3 is 2.59 bits per heavy atom. The van der Waals surface area contributed by atoms with Gasteiger partial charge >= 0.3 is 5.97 Å². The van der Waals surface area contributed by atoms with E-state index in [-0.39, 0.29) is 11.4 Å². The first kappa shape index (κ1) is 15.7. The van der Waals surface area contributed by atoms with Crippen LogP contribution in [0, 0.1) is 17.0 Å². The molecule has 0 saturated carbocycles. The molecule has 0 saturated heterocycles. The minimum Gasteiger partial charge on any atom is -0.454 e. The van der Waals surface area contributed by atoms with Crippen LogP contribution >= 0.6 is 0 Å². The van der Waals surface area contributed by atoms with Crippen LogP contribution in [-0.4, -0.2) is 21.7 Å². The van der Waals surface area contributed by atoms with E-state index in [2.05, 4.69) is 5.16 Å². The van der Waals surface area contributed by atoms with Gasteiger partial charge in [-0.25, -0.2) is 4.79 Å². The van der Waals surface area contributed by atoms with E-state index in [1.807, 2.05) is 0 Å². The second-order valence-corrected chi connectivity index (χ2v) is 5.83. The molecule has 0 aliphatic rings. The molecule has 2 rings (SSSR count). The first-order valence-electron chi connectivity index (χ1n) is 6.63. The van der Waals surface area contributed by atoms with Crippen LogP contribution in [0.25, 0.3) is 11.3 Å². The molecular formula is C15H16N2O5. The number of nitrogens with zero attached hydrogens (tertiary/aromatic N) is 2. The molecule has 0 bridgehead atoms. The van der Waals surface area contributed by atoms with E-state index >= 15 is 0 Å². The highest BCUT2D eigenvalue weighted by Gasteiger charge is 2.23. The Morgan fingerprint density at radius 1 is 1.32 bits per heavy atom. The van der Waals surface area contributed by atoms with E-state index < -0.39 is 16.5 Å². The summed E-state index contributed by atoms with van der Waals surface area (Å²) in [5.41, 5.74) is 0.970. The Kier molecular flexibility index (Phi) is 3.99. The fraction of sp³-hybridized carbons (Fsp3) is 0.333. The fourth-order valence-corrected chi connectivity index (χ4v) is 1.83. The van der Waals surface area contributed by atoms with Crippen LogP contribution in [-0.2, 0) is 4.74 Å². The van der Waals surface area contributed by atoms with E-state index in [1.165, 1.54) is 18.2 Å². The summed E-state index contributed by atoms with van der Waals surface area (Å²) in [7, 11) is 0. The summed E-state index contributed by atoms with van der Waals surface area (Å²) < 4.78 is 10.2. The lowest BCUT2D eigenvalue weighted by molar-refractivity contribution is -0.384. The van der Waals surface area contributed by atoms with Gasteiger partial charge in [-0.3, -0.25) is 10.1 Å². The van der Waals surface area contributed by atoms with E-state index in [0.717, 1.165) is 5.56 Å². The maximum atomic E-state index is 11.9. The van der Waals surface area contributed by atoms with Gasteiger partial charge in [0.2, 0.25) is 5.76 Å². The third kappa shape index (κ3) is 3.49. The predicted molar refractivity (Wildman–Crippen MR) is 78.5 cm³/mol. The Balaban J connectivity index is 2.34. The van der Waals surface area contributed by atoms with Crippen LogP contribution in [0.2, 0.25) is 0 Å². The molecule has 1 aromatic heterocycles. The topological polar surface area (TPSA) is 95.5 Å². The number of ether oxygens (including phenoxy) is 1. The average molecular weight is 304 g/mol. The highest BCUT2D eigenvalue weighted by atomic mass is 16.6. The summed E-state index contributed by atoms with van der Waals surface area (Å²) in [4.78, 5) is 22.3. The maximum Gasteiger partial charge on any atom is 0.377 e. The molecule has 0 aliphatic heterocycles. The van der Waals surface area contributed by atoms with Crippen molar-refractivity contribution in [2.75, 3.05) is 0 Å². The normalized spacial score (nSPS) is 11.3. The number of aromatic nitrogens is 1. The summed E-state index contributed by atoms with van der Waals surface area (Å²) in [6.45, 7) is 7.02. The van der Waals surface area contributed by atoms with Crippen molar-refractivity contribution in [1.82, 2.24) is 5.16 Å². The smallest absolute Gasteiger partial charge is 0.377 e. The van der Waals surface area contributed by atoms with Crippen molar-refractivity contribution in [2.45, 2.75) is 33.3 Å². The molecule has 7 heteroatoms. The number of nitro benzene ring substituents is 1. The largest absolute Gasteiger partial charge is 0.454 e. The molecule has 0 aliphatic carbocycles. The molecule has 0 spiro atoms. The molecule has 0 fully saturated rings. The van der Waals surface area contributed by atoms with E-state index in [0.29, 0.717) is 11.3 Å². The SMILES string of the molecule is Cc1ccc([N+](=O)[O-])cc1-c1cc(C(=O)OC(C)(C)C)on1. The van der Waals surface area contributed by atoms with Crippen LogP contribution in [0.15, 0.2) is 28.8 Å². The third-order valence-electron chi connectivity index (χ3n) is 2.82. The van der Waals surface area contributed by atoms with Crippen LogP contribution in [0.3, 0.4) is 0 Å². The fourth-order valence-electron chi connectivity index (χ4n) is 1.83. The number of hydrogen-bond donors (Lipinski definition) is 0. The van der Waals surface area contributed by atoms with E-state index in [4.69, 9.17) is 9.26 Å². The van der Waals surface area contributed by atoms with Gasteiger partial charge in [0.25, 0.3) is 5.69 Å². The Bertz CT molecular complexity index is 728. The number of hydrogen-bond acceptors (Lipinski definition) is 6. The van der Waals surface area contributed by atoms with Gasteiger partial charge in [0.15, 0.2) is 0 Å². The number of non-ortho nitro benzene ring substituents is 1. The Hall–Kier alpha value is -2.70. The standard InChI is InChI=1S/C15H16N2O5/c1-9-5-6-10(17(19)20)7-11(9)12-8-13(22-16-12)14(18)21-15(2,3)4/h5-8H,1-4H3. The first-order valence-corrected chi connectivity index (χ1v) is 6.63. The van der Waals surface area contributed by atoms with E-state index in [1.54, 1.807) is 33.8 Å². The van der Waals surface area contributed by atoms with E-state index in [9.17, 15) is 14.9 Å². The molecule has 2 aromatic rings. The first-order chi connectivity index (χ1) is 10.2. The van der Waals surface area contributed by atoms with Crippen LogP contribution in [0.5, 0.6) is 0 Å². The van der Waals surface area contributed by atoms with Crippen LogP contribution < -0.4 is 0 Å². The van der Waals surface area contributed by atoms with Gasteiger partial charge in [-0.2, -0.15) is 0 Å². The lowest BCUT2D eigenvalue weighted by Crippen LogP contribution is -2.23. The van der Waals surface area contributed by atoms with Crippen molar-refractivity contribution in [1.29, 1.82) is 0 Å². The minimum atomic E-state index is -0.647. The van der Waals surface area contributed by atoms with Gasteiger partial charge in [0.05, 0.1) is 4.92 Å². The van der Waals surface area contributed by atoms with Gasteiger partial charge in [0, 0.05) is 23.8 Å². The molecule has 116 valence electrons. The van der Waals surface area contributed by atoms with Gasteiger partial charge in [-0.1, -0.05) is 11.2 Å². The van der Waals surface area contributed by atoms with Gasteiger partial charge < -0.3 is 9.26 Å². The number of esters is 1. The second-order valence-electron chi connectivity index (χ2n) is 5.83. The van der Waals surface area contributed by atoms with Crippen molar-refractivity contribution < 1.29 is 19.0 Å². The van der Waals surface area contributed by atoms with Crippen LogP contribution in [0.1, 0.15) is 36.9 Å². The lowest BCUT2D eigenvalue weighted by Gasteiger charge is -2.17. The average Bonchev–Trinajstić information content (AvgIpc) is 2.86. The van der Waals surface area contributed by atoms with Crippen molar-refractivity contribution in [3.63, 3.8) is 0 Å². The molecule has 22 heavy (non-hydrogen) atoms. The van der Waals surface area contributed by atoms with Crippen LogP contribution in [0.4, 0.5) is 5.69 Å².